The average molecular weight is 213 g/mol. The average Bonchev–Trinajstić information content (AvgIpc) is 2.61. The minimum atomic E-state index is -0.388. The molecule has 0 unspecified atom stereocenters. The van der Waals surface area contributed by atoms with Crippen molar-refractivity contribution in [2.45, 2.75) is 19.9 Å². The molecule has 0 aliphatic heterocycles. The number of hydrogen-bond acceptors (Lipinski definition) is 6. The van der Waals surface area contributed by atoms with Crippen LogP contribution in [0.3, 0.4) is 0 Å². The molecular weight excluding hydrogens is 202 g/mol. The third-order valence-electron chi connectivity index (χ3n) is 1.48. The fraction of sp³-hybridized carbons (Fsp3) is 0.429. The number of rotatable bonds is 4. The van der Waals surface area contributed by atoms with Gasteiger partial charge in [-0.15, -0.1) is 0 Å². The molecule has 0 bridgehead atoms. The molecule has 0 saturated carbocycles. The van der Waals surface area contributed by atoms with Gasteiger partial charge in [-0.1, -0.05) is 10.3 Å². The van der Waals surface area contributed by atoms with E-state index in [1.54, 1.807) is 6.92 Å². The Morgan fingerprint density at radius 3 is 3.00 bits per heavy atom. The van der Waals surface area contributed by atoms with Gasteiger partial charge in [0.15, 0.2) is 5.82 Å². The van der Waals surface area contributed by atoms with Gasteiger partial charge in [-0.2, -0.15) is 4.98 Å². The van der Waals surface area contributed by atoms with E-state index in [2.05, 4.69) is 20.6 Å². The molecule has 0 aromatic carbocycles. The van der Waals surface area contributed by atoms with E-state index in [0.717, 1.165) is 0 Å². The monoisotopic (exact) mass is 213 g/mol. The SMILES string of the molecule is Cc1noc(CNC(=O)CC(N)=NO)n1. The maximum Gasteiger partial charge on any atom is 0.246 e. The van der Waals surface area contributed by atoms with Crippen molar-refractivity contribution in [3.05, 3.63) is 11.7 Å². The quantitative estimate of drug-likeness (QED) is 0.258. The molecule has 0 spiro atoms. The number of amidine groups is 1. The van der Waals surface area contributed by atoms with Crippen LogP contribution in [-0.4, -0.2) is 27.1 Å². The number of carbonyl (C=O) groups is 1. The molecule has 1 rings (SSSR count). The highest BCUT2D eigenvalue weighted by molar-refractivity contribution is 5.98. The summed E-state index contributed by atoms with van der Waals surface area (Å²) in [6, 6.07) is 0. The molecule has 8 nitrogen and oxygen atoms in total. The summed E-state index contributed by atoms with van der Waals surface area (Å²) in [7, 11) is 0. The van der Waals surface area contributed by atoms with Gasteiger partial charge in [-0.3, -0.25) is 4.79 Å². The van der Waals surface area contributed by atoms with Gasteiger partial charge in [-0.05, 0) is 6.92 Å². The zero-order valence-corrected chi connectivity index (χ0v) is 8.10. The fourth-order valence-corrected chi connectivity index (χ4v) is 0.848. The van der Waals surface area contributed by atoms with Gasteiger partial charge in [0.2, 0.25) is 11.8 Å². The molecule has 82 valence electrons. The largest absolute Gasteiger partial charge is 0.409 e. The molecule has 0 fully saturated rings. The Labute approximate surface area is 85.1 Å². The number of aryl methyl sites for hydroxylation is 1. The topological polar surface area (TPSA) is 127 Å². The van der Waals surface area contributed by atoms with Crippen molar-refractivity contribution < 1.29 is 14.5 Å². The van der Waals surface area contributed by atoms with Crippen molar-refractivity contribution in [3.8, 4) is 0 Å². The van der Waals surface area contributed by atoms with Gasteiger partial charge in [0.25, 0.3) is 0 Å². The van der Waals surface area contributed by atoms with Crippen molar-refractivity contribution in [1.29, 1.82) is 0 Å². The van der Waals surface area contributed by atoms with E-state index in [4.69, 9.17) is 15.5 Å². The summed E-state index contributed by atoms with van der Waals surface area (Å²) in [5.41, 5.74) is 5.13. The van der Waals surface area contributed by atoms with Crippen LogP contribution < -0.4 is 11.1 Å². The highest BCUT2D eigenvalue weighted by atomic mass is 16.5. The summed E-state index contributed by atoms with van der Waals surface area (Å²) < 4.78 is 4.76. The third kappa shape index (κ3) is 3.63. The molecule has 1 amide bonds. The van der Waals surface area contributed by atoms with Gasteiger partial charge >= 0.3 is 0 Å². The molecule has 0 atom stereocenters. The molecule has 1 heterocycles. The van der Waals surface area contributed by atoms with Crippen molar-refractivity contribution >= 4 is 11.7 Å². The summed E-state index contributed by atoms with van der Waals surface area (Å²) in [6.45, 7) is 1.80. The molecule has 15 heavy (non-hydrogen) atoms. The van der Waals surface area contributed by atoms with Crippen molar-refractivity contribution in [3.63, 3.8) is 0 Å². The zero-order valence-electron chi connectivity index (χ0n) is 8.10. The van der Waals surface area contributed by atoms with Crippen LogP contribution in [-0.2, 0) is 11.3 Å². The second-order valence-electron chi connectivity index (χ2n) is 2.78. The van der Waals surface area contributed by atoms with Crippen LogP contribution in [0.1, 0.15) is 18.1 Å². The van der Waals surface area contributed by atoms with Crippen LogP contribution in [0.15, 0.2) is 9.68 Å². The normalized spacial score (nSPS) is 11.4. The lowest BCUT2D eigenvalue weighted by Gasteiger charge is -2.00. The molecule has 0 aliphatic carbocycles. The van der Waals surface area contributed by atoms with Crippen LogP contribution in [0, 0.1) is 6.92 Å². The smallest absolute Gasteiger partial charge is 0.246 e. The number of hydrogen-bond donors (Lipinski definition) is 3. The summed E-state index contributed by atoms with van der Waals surface area (Å²) >= 11 is 0. The summed E-state index contributed by atoms with van der Waals surface area (Å²) in [4.78, 5) is 15.0. The third-order valence-corrected chi connectivity index (χ3v) is 1.48. The van der Waals surface area contributed by atoms with E-state index in [-0.39, 0.29) is 24.7 Å². The summed E-state index contributed by atoms with van der Waals surface area (Å²) in [6.07, 6.45) is -0.177. The number of nitrogens with zero attached hydrogens (tertiary/aromatic N) is 3. The lowest BCUT2D eigenvalue weighted by molar-refractivity contribution is -0.120. The highest BCUT2D eigenvalue weighted by Gasteiger charge is 2.07. The van der Waals surface area contributed by atoms with Crippen LogP contribution in [0.25, 0.3) is 0 Å². The lowest BCUT2D eigenvalue weighted by atomic mass is 10.4. The predicted octanol–water partition coefficient (Wildman–Crippen LogP) is -0.869. The second kappa shape index (κ2) is 4.94. The molecule has 0 aliphatic rings. The molecular formula is C7H11N5O3. The maximum atomic E-state index is 11.1. The van der Waals surface area contributed by atoms with Gasteiger partial charge < -0.3 is 20.8 Å². The second-order valence-corrected chi connectivity index (χ2v) is 2.78. The molecule has 8 heteroatoms. The first-order valence-corrected chi connectivity index (χ1v) is 4.14. The number of oxime groups is 1. The number of aromatic nitrogens is 2. The van der Waals surface area contributed by atoms with Crippen LogP contribution in [0.4, 0.5) is 0 Å². The van der Waals surface area contributed by atoms with Gasteiger partial charge in [0, 0.05) is 0 Å². The van der Waals surface area contributed by atoms with E-state index in [1.807, 2.05) is 0 Å². The number of carbonyl (C=O) groups excluding carboxylic acids is 1. The van der Waals surface area contributed by atoms with E-state index in [9.17, 15) is 4.79 Å². The van der Waals surface area contributed by atoms with Crippen LogP contribution >= 0.6 is 0 Å². The molecule has 0 saturated heterocycles. The van der Waals surface area contributed by atoms with E-state index in [0.29, 0.717) is 11.7 Å². The summed E-state index contributed by atoms with van der Waals surface area (Å²) in [5, 5.41) is 16.9. The molecule has 4 N–H and O–H groups in total. The Bertz CT molecular complexity index is 372. The lowest BCUT2D eigenvalue weighted by Crippen LogP contribution is -2.28. The van der Waals surface area contributed by atoms with Crippen LogP contribution in [0.5, 0.6) is 0 Å². The first kappa shape index (κ1) is 11.0. The van der Waals surface area contributed by atoms with Gasteiger partial charge in [-0.25, -0.2) is 0 Å². The predicted molar refractivity (Wildman–Crippen MR) is 48.9 cm³/mol. The van der Waals surface area contributed by atoms with Crippen molar-refractivity contribution in [2.24, 2.45) is 10.9 Å². The van der Waals surface area contributed by atoms with Crippen molar-refractivity contribution in [2.75, 3.05) is 0 Å². The van der Waals surface area contributed by atoms with E-state index < -0.39 is 0 Å². The Kier molecular flexibility index (Phi) is 3.61. The number of nitrogens with two attached hydrogens (primary N) is 1. The molecule has 1 aromatic rings. The Balaban J connectivity index is 2.34. The zero-order chi connectivity index (χ0) is 11.3. The number of nitrogens with one attached hydrogen (secondary N) is 1. The fourth-order valence-electron chi connectivity index (χ4n) is 0.848. The maximum absolute atomic E-state index is 11.1. The van der Waals surface area contributed by atoms with Gasteiger partial charge in [0.05, 0.1) is 13.0 Å². The number of amides is 1. The van der Waals surface area contributed by atoms with Crippen LogP contribution in [0.2, 0.25) is 0 Å². The standard InChI is InChI=1S/C7H11N5O3/c1-4-10-7(15-12-4)3-9-6(13)2-5(8)11-14/h14H,2-3H2,1H3,(H2,8,11)(H,9,13). The van der Waals surface area contributed by atoms with E-state index >= 15 is 0 Å². The molecule has 0 radical (unpaired) electrons. The van der Waals surface area contributed by atoms with Gasteiger partial charge in [0.1, 0.15) is 5.84 Å². The summed E-state index contributed by atoms with van der Waals surface area (Å²) in [5.74, 6) is 0.256. The first-order chi connectivity index (χ1) is 7.11. The molecule has 1 aromatic heterocycles. The first-order valence-electron chi connectivity index (χ1n) is 4.14. The minimum absolute atomic E-state index is 0.123. The van der Waals surface area contributed by atoms with Crippen molar-refractivity contribution in [1.82, 2.24) is 15.5 Å². The van der Waals surface area contributed by atoms with E-state index in [1.165, 1.54) is 0 Å². The Morgan fingerprint density at radius 2 is 2.47 bits per heavy atom. The Hall–Kier alpha value is -2.12. The highest BCUT2D eigenvalue weighted by Crippen LogP contribution is 1.94. The minimum Gasteiger partial charge on any atom is -0.409 e. The Morgan fingerprint density at radius 1 is 1.73 bits per heavy atom.